The lowest BCUT2D eigenvalue weighted by Crippen LogP contribution is -2.22. The van der Waals surface area contributed by atoms with E-state index in [1.54, 1.807) is 6.07 Å². The molecule has 2 aromatic rings. The van der Waals surface area contributed by atoms with E-state index < -0.39 is 0 Å². The second-order valence-electron chi connectivity index (χ2n) is 3.94. The zero-order valence-corrected chi connectivity index (χ0v) is 10.6. The monoisotopic (exact) mass is 269 g/mol. The van der Waals surface area contributed by atoms with Crippen LogP contribution >= 0.6 is 11.6 Å². The summed E-state index contributed by atoms with van der Waals surface area (Å²) in [4.78, 5) is 3.92. The summed E-state index contributed by atoms with van der Waals surface area (Å²) in [6.45, 7) is 2.66. The van der Waals surface area contributed by atoms with E-state index in [9.17, 15) is 4.39 Å². The molecule has 96 valence electrons. The summed E-state index contributed by atoms with van der Waals surface area (Å²) in [6.07, 6.45) is 1.97. The fraction of sp³-hybridized carbons (Fsp3) is 0.333. The molecule has 1 heterocycles. The average Bonchev–Trinajstić information content (AvgIpc) is 2.81. The number of hydrogen-bond acceptors (Lipinski definition) is 4. The Morgan fingerprint density at radius 1 is 1.50 bits per heavy atom. The lowest BCUT2D eigenvalue weighted by Gasteiger charge is -2.15. The SMILES string of the molecule is CC(NCCc1ncon1)c1ccc(F)cc1Cl. The lowest BCUT2D eigenvalue weighted by molar-refractivity contribution is 0.408. The minimum absolute atomic E-state index is 0.0324. The van der Waals surface area contributed by atoms with Crippen LogP contribution in [0.25, 0.3) is 0 Å². The fourth-order valence-electron chi connectivity index (χ4n) is 1.67. The van der Waals surface area contributed by atoms with Crippen LogP contribution in [-0.2, 0) is 6.42 Å². The van der Waals surface area contributed by atoms with Crippen LogP contribution in [-0.4, -0.2) is 16.7 Å². The molecule has 0 radical (unpaired) electrons. The second kappa shape index (κ2) is 5.93. The van der Waals surface area contributed by atoms with E-state index in [0.29, 0.717) is 23.8 Å². The van der Waals surface area contributed by atoms with Gasteiger partial charge in [0.05, 0.1) is 0 Å². The van der Waals surface area contributed by atoms with Gasteiger partial charge < -0.3 is 9.84 Å². The summed E-state index contributed by atoms with van der Waals surface area (Å²) in [5.74, 6) is 0.322. The van der Waals surface area contributed by atoms with Gasteiger partial charge >= 0.3 is 0 Å². The van der Waals surface area contributed by atoms with Crippen LogP contribution in [0.2, 0.25) is 5.02 Å². The smallest absolute Gasteiger partial charge is 0.213 e. The molecular weight excluding hydrogens is 257 g/mol. The Hall–Kier alpha value is -1.46. The van der Waals surface area contributed by atoms with Crippen molar-refractivity contribution < 1.29 is 8.91 Å². The van der Waals surface area contributed by atoms with E-state index in [2.05, 4.69) is 20.0 Å². The Kier molecular flexibility index (Phi) is 4.28. The molecule has 6 heteroatoms. The van der Waals surface area contributed by atoms with Crippen molar-refractivity contribution in [2.45, 2.75) is 19.4 Å². The maximum absolute atomic E-state index is 12.9. The molecule has 0 aliphatic rings. The molecule has 0 spiro atoms. The van der Waals surface area contributed by atoms with Crippen LogP contribution in [0, 0.1) is 5.82 Å². The van der Waals surface area contributed by atoms with Crippen molar-refractivity contribution in [3.63, 3.8) is 0 Å². The van der Waals surface area contributed by atoms with Crippen LogP contribution in [0.15, 0.2) is 29.1 Å². The quantitative estimate of drug-likeness (QED) is 0.907. The third-order valence-corrected chi connectivity index (χ3v) is 2.96. The van der Waals surface area contributed by atoms with Crippen molar-refractivity contribution in [1.29, 1.82) is 0 Å². The van der Waals surface area contributed by atoms with Crippen LogP contribution in [0.5, 0.6) is 0 Å². The van der Waals surface area contributed by atoms with Gasteiger partial charge in [0.15, 0.2) is 5.82 Å². The number of hydrogen-bond donors (Lipinski definition) is 1. The molecule has 1 aromatic heterocycles. The first-order valence-corrected chi connectivity index (χ1v) is 5.98. The highest BCUT2D eigenvalue weighted by molar-refractivity contribution is 6.31. The Bertz CT molecular complexity index is 504. The van der Waals surface area contributed by atoms with Crippen molar-refractivity contribution in [3.05, 3.63) is 46.8 Å². The van der Waals surface area contributed by atoms with E-state index in [1.807, 2.05) is 6.92 Å². The maximum Gasteiger partial charge on any atom is 0.213 e. The number of rotatable bonds is 5. The highest BCUT2D eigenvalue weighted by Gasteiger charge is 2.10. The van der Waals surface area contributed by atoms with E-state index >= 15 is 0 Å². The van der Waals surface area contributed by atoms with Gasteiger partial charge in [-0.25, -0.2) is 4.39 Å². The molecular formula is C12H13ClFN3O. The predicted molar refractivity (Wildman–Crippen MR) is 65.8 cm³/mol. The van der Waals surface area contributed by atoms with E-state index in [0.717, 1.165) is 5.56 Å². The molecule has 1 aromatic carbocycles. The molecule has 4 nitrogen and oxygen atoms in total. The topological polar surface area (TPSA) is 51.0 Å². The number of nitrogens with one attached hydrogen (secondary N) is 1. The molecule has 0 saturated carbocycles. The zero-order chi connectivity index (χ0) is 13.0. The van der Waals surface area contributed by atoms with Gasteiger partial charge in [-0.1, -0.05) is 22.8 Å². The Morgan fingerprint density at radius 3 is 3.00 bits per heavy atom. The Labute approximate surface area is 109 Å². The highest BCUT2D eigenvalue weighted by Crippen LogP contribution is 2.23. The van der Waals surface area contributed by atoms with Crippen LogP contribution < -0.4 is 5.32 Å². The molecule has 2 rings (SSSR count). The molecule has 1 unspecified atom stereocenters. The molecule has 0 aliphatic heterocycles. The standard InChI is InChI=1S/C12H13ClFN3O/c1-8(10-3-2-9(14)6-11(10)13)15-5-4-12-16-7-18-17-12/h2-3,6-8,15H,4-5H2,1H3. The molecule has 0 bridgehead atoms. The molecule has 1 atom stereocenters. The second-order valence-corrected chi connectivity index (χ2v) is 4.35. The van der Waals surface area contributed by atoms with Gasteiger partial charge in [-0.2, -0.15) is 4.98 Å². The summed E-state index contributed by atoms with van der Waals surface area (Å²) >= 11 is 5.98. The molecule has 1 N–H and O–H groups in total. The number of benzene rings is 1. The molecule has 0 aliphatic carbocycles. The van der Waals surface area contributed by atoms with E-state index in [4.69, 9.17) is 11.6 Å². The summed E-state index contributed by atoms with van der Waals surface area (Å²) in [6, 6.07) is 4.43. The third kappa shape index (κ3) is 3.27. The fourth-order valence-corrected chi connectivity index (χ4v) is 2.00. The Morgan fingerprint density at radius 2 is 2.33 bits per heavy atom. The molecule has 0 amide bonds. The first-order valence-electron chi connectivity index (χ1n) is 5.60. The van der Waals surface area contributed by atoms with Crippen LogP contribution in [0.3, 0.4) is 0 Å². The molecule has 0 saturated heterocycles. The molecule has 0 fully saturated rings. The first-order chi connectivity index (χ1) is 8.66. The van der Waals surface area contributed by atoms with Crippen molar-refractivity contribution in [2.75, 3.05) is 6.54 Å². The number of halogens is 2. The normalized spacial score (nSPS) is 12.6. The van der Waals surface area contributed by atoms with Crippen molar-refractivity contribution in [1.82, 2.24) is 15.5 Å². The Balaban J connectivity index is 1.89. The van der Waals surface area contributed by atoms with Gasteiger partial charge in [-0.3, -0.25) is 0 Å². The average molecular weight is 270 g/mol. The van der Waals surface area contributed by atoms with Gasteiger partial charge in [0.25, 0.3) is 0 Å². The van der Waals surface area contributed by atoms with Gasteiger partial charge in [0.2, 0.25) is 6.39 Å². The number of nitrogens with zero attached hydrogens (tertiary/aromatic N) is 2. The van der Waals surface area contributed by atoms with Crippen molar-refractivity contribution in [3.8, 4) is 0 Å². The zero-order valence-electron chi connectivity index (χ0n) is 9.86. The summed E-state index contributed by atoms with van der Waals surface area (Å²) in [5, 5.41) is 7.41. The summed E-state index contributed by atoms with van der Waals surface area (Å²) < 4.78 is 17.6. The maximum atomic E-state index is 12.9. The number of aromatic nitrogens is 2. The van der Waals surface area contributed by atoms with Crippen molar-refractivity contribution >= 4 is 11.6 Å². The summed E-state index contributed by atoms with van der Waals surface area (Å²) in [5.41, 5.74) is 0.867. The van der Waals surface area contributed by atoms with Crippen LogP contribution in [0.4, 0.5) is 4.39 Å². The van der Waals surface area contributed by atoms with Crippen molar-refractivity contribution in [2.24, 2.45) is 0 Å². The highest BCUT2D eigenvalue weighted by atomic mass is 35.5. The van der Waals surface area contributed by atoms with Gasteiger partial charge in [0, 0.05) is 24.0 Å². The lowest BCUT2D eigenvalue weighted by atomic mass is 10.1. The van der Waals surface area contributed by atoms with Gasteiger partial charge in [0.1, 0.15) is 5.82 Å². The van der Waals surface area contributed by atoms with Gasteiger partial charge in [-0.15, -0.1) is 0 Å². The van der Waals surface area contributed by atoms with E-state index in [-0.39, 0.29) is 11.9 Å². The minimum atomic E-state index is -0.331. The first kappa shape index (κ1) is 13.0. The predicted octanol–water partition coefficient (Wildman–Crippen LogP) is 2.76. The summed E-state index contributed by atoms with van der Waals surface area (Å²) in [7, 11) is 0. The minimum Gasteiger partial charge on any atom is -0.343 e. The van der Waals surface area contributed by atoms with E-state index in [1.165, 1.54) is 18.5 Å². The van der Waals surface area contributed by atoms with Gasteiger partial charge in [-0.05, 0) is 24.6 Å². The third-order valence-electron chi connectivity index (χ3n) is 2.64. The largest absolute Gasteiger partial charge is 0.343 e. The molecule has 18 heavy (non-hydrogen) atoms. The van der Waals surface area contributed by atoms with Crippen LogP contribution in [0.1, 0.15) is 24.4 Å².